The molecule has 0 aromatic heterocycles. The van der Waals surface area contributed by atoms with Crippen molar-refractivity contribution in [2.24, 2.45) is 0 Å². The van der Waals surface area contributed by atoms with Gasteiger partial charge in [-0.15, -0.1) is 0 Å². The minimum Gasteiger partial charge on any atom is -0.475 e. The van der Waals surface area contributed by atoms with Gasteiger partial charge in [0.1, 0.15) is 0 Å². The quantitative estimate of drug-likeness (QED) is 0.316. The molecule has 0 radical (unpaired) electrons. The number of carboxylic acid groups (broad SMARTS) is 2. The number of hydrogen-bond donors (Lipinski definition) is 2. The molecule has 0 saturated carbocycles. The Balaban J connectivity index is 0. The largest absolute Gasteiger partial charge is 0.475 e. The van der Waals surface area contributed by atoms with Gasteiger partial charge in [0.2, 0.25) is 0 Å². The molecule has 0 fully saturated rings. The van der Waals surface area contributed by atoms with Gasteiger partial charge in [-0.05, 0) is 0 Å². The van der Waals surface area contributed by atoms with Crippen LogP contribution in [0.15, 0.2) is 0 Å². The SMILES string of the molecule is O=C(O)C(=O)C(=O)O.[Zn]. The standard InChI is InChI=1S/C3H2O5.Zn/c4-1(2(5)6)3(7)8;/h(H,5,6)(H,7,8);. The fourth-order valence-corrected chi connectivity index (χ4v) is 0.0915. The molecule has 2 N–H and O–H groups in total. The molecule has 0 aliphatic carbocycles. The molecule has 0 rings (SSSR count). The first-order chi connectivity index (χ1) is 3.55. The average Bonchev–Trinajstić information content (AvgIpc) is 1.64. The van der Waals surface area contributed by atoms with E-state index in [-0.39, 0.29) is 19.5 Å². The number of carbonyl (C=O) groups is 3. The molecule has 5 nitrogen and oxygen atoms in total. The van der Waals surface area contributed by atoms with Crippen molar-refractivity contribution in [3.05, 3.63) is 0 Å². The number of carboxylic acids is 2. The molecule has 0 unspecified atom stereocenters. The van der Waals surface area contributed by atoms with Gasteiger partial charge in [-0.2, -0.15) is 0 Å². The first-order valence-corrected chi connectivity index (χ1v) is 1.56. The second-order valence-electron chi connectivity index (χ2n) is 0.939. The Morgan fingerprint density at radius 1 is 0.889 bits per heavy atom. The van der Waals surface area contributed by atoms with E-state index in [1.165, 1.54) is 0 Å². The maximum Gasteiger partial charge on any atom is 0.384 e. The molecular formula is C3H2O5Zn. The summed E-state index contributed by atoms with van der Waals surface area (Å²) in [4.78, 5) is 28.5. The van der Waals surface area contributed by atoms with Crippen LogP contribution in [0.25, 0.3) is 0 Å². The molecule has 46 valence electrons. The molecular weight excluding hydrogens is 181 g/mol. The van der Waals surface area contributed by atoms with Gasteiger partial charge in [0.15, 0.2) is 0 Å². The third-order valence-corrected chi connectivity index (χ3v) is 0.388. The Hall–Kier alpha value is -0.767. The first kappa shape index (κ1) is 11.1. The minimum absolute atomic E-state index is 0. The van der Waals surface area contributed by atoms with E-state index in [1.54, 1.807) is 0 Å². The van der Waals surface area contributed by atoms with Crippen molar-refractivity contribution in [2.45, 2.75) is 0 Å². The van der Waals surface area contributed by atoms with E-state index in [9.17, 15) is 14.4 Å². The van der Waals surface area contributed by atoms with Crippen molar-refractivity contribution in [2.75, 3.05) is 0 Å². The van der Waals surface area contributed by atoms with Gasteiger partial charge >= 0.3 is 17.7 Å². The summed E-state index contributed by atoms with van der Waals surface area (Å²) in [6, 6.07) is 0. The summed E-state index contributed by atoms with van der Waals surface area (Å²) in [5.41, 5.74) is 0. The maximum atomic E-state index is 9.64. The molecule has 0 spiro atoms. The summed E-state index contributed by atoms with van der Waals surface area (Å²) in [5.74, 6) is -5.71. The third kappa shape index (κ3) is 3.79. The van der Waals surface area contributed by atoms with Crippen LogP contribution < -0.4 is 0 Å². The smallest absolute Gasteiger partial charge is 0.384 e. The zero-order valence-corrected chi connectivity index (χ0v) is 7.29. The van der Waals surface area contributed by atoms with E-state index in [0.29, 0.717) is 0 Å². The van der Waals surface area contributed by atoms with Crippen LogP contribution in [-0.2, 0) is 33.9 Å². The Labute approximate surface area is 62.4 Å². The third-order valence-electron chi connectivity index (χ3n) is 0.388. The Morgan fingerprint density at radius 3 is 1.11 bits per heavy atom. The normalized spacial score (nSPS) is 7.11. The van der Waals surface area contributed by atoms with Gasteiger partial charge in [-0.3, -0.25) is 4.79 Å². The van der Waals surface area contributed by atoms with E-state index < -0.39 is 17.7 Å². The van der Waals surface area contributed by atoms with E-state index >= 15 is 0 Å². The van der Waals surface area contributed by atoms with E-state index in [2.05, 4.69) is 0 Å². The predicted octanol–water partition coefficient (Wildman–Crippen LogP) is -1.28. The van der Waals surface area contributed by atoms with Crippen molar-refractivity contribution in [1.82, 2.24) is 0 Å². The van der Waals surface area contributed by atoms with Gasteiger partial charge in [0.25, 0.3) is 0 Å². The molecule has 0 aromatic carbocycles. The van der Waals surface area contributed by atoms with Crippen LogP contribution >= 0.6 is 0 Å². The Morgan fingerprint density at radius 2 is 1.11 bits per heavy atom. The second kappa shape index (κ2) is 4.15. The second-order valence-corrected chi connectivity index (χ2v) is 0.939. The number of carbonyl (C=O) groups excluding carboxylic acids is 1. The van der Waals surface area contributed by atoms with Crippen molar-refractivity contribution in [3.63, 3.8) is 0 Å². The molecule has 9 heavy (non-hydrogen) atoms. The molecule has 6 heteroatoms. The van der Waals surface area contributed by atoms with Crippen molar-refractivity contribution in [3.8, 4) is 0 Å². The van der Waals surface area contributed by atoms with E-state index in [1.807, 2.05) is 0 Å². The average molecular weight is 183 g/mol. The zero-order chi connectivity index (χ0) is 6.73. The molecule has 0 atom stereocenters. The van der Waals surface area contributed by atoms with Gasteiger partial charge in [-0.25, -0.2) is 9.59 Å². The van der Waals surface area contributed by atoms with Crippen molar-refractivity contribution >= 4 is 17.7 Å². The summed E-state index contributed by atoms with van der Waals surface area (Å²) in [6.45, 7) is 0. The molecule has 0 amide bonds. The summed E-state index contributed by atoms with van der Waals surface area (Å²) >= 11 is 0. The van der Waals surface area contributed by atoms with Crippen LogP contribution in [0.3, 0.4) is 0 Å². The predicted molar refractivity (Wildman–Crippen MR) is 20.3 cm³/mol. The van der Waals surface area contributed by atoms with Crippen LogP contribution in [0.1, 0.15) is 0 Å². The Bertz CT molecular complexity index is 134. The minimum atomic E-state index is -1.95. The summed E-state index contributed by atoms with van der Waals surface area (Å²) in [7, 11) is 0. The van der Waals surface area contributed by atoms with Gasteiger partial charge in [0, 0.05) is 19.5 Å². The summed E-state index contributed by atoms with van der Waals surface area (Å²) < 4.78 is 0. The maximum absolute atomic E-state index is 9.64. The molecule has 0 heterocycles. The fourth-order valence-electron chi connectivity index (χ4n) is 0.0915. The monoisotopic (exact) mass is 182 g/mol. The van der Waals surface area contributed by atoms with Crippen LogP contribution in [0.4, 0.5) is 0 Å². The van der Waals surface area contributed by atoms with Crippen LogP contribution in [0, 0.1) is 0 Å². The van der Waals surface area contributed by atoms with Crippen LogP contribution in [-0.4, -0.2) is 27.9 Å². The zero-order valence-electron chi connectivity index (χ0n) is 4.33. The molecule has 0 aliphatic heterocycles. The van der Waals surface area contributed by atoms with Crippen LogP contribution in [0.5, 0.6) is 0 Å². The van der Waals surface area contributed by atoms with Gasteiger partial charge < -0.3 is 10.2 Å². The van der Waals surface area contributed by atoms with E-state index in [4.69, 9.17) is 10.2 Å². The van der Waals surface area contributed by atoms with E-state index in [0.717, 1.165) is 0 Å². The molecule has 0 aromatic rings. The number of Topliss-reactive ketones (excluding diaryl/α,β-unsaturated/α-hetero) is 1. The molecule has 0 aliphatic rings. The van der Waals surface area contributed by atoms with Crippen molar-refractivity contribution < 1.29 is 44.1 Å². The molecule has 0 saturated heterocycles. The number of hydrogen-bond acceptors (Lipinski definition) is 3. The fraction of sp³-hybridized carbons (Fsp3) is 0. The summed E-state index contributed by atoms with van der Waals surface area (Å²) in [6.07, 6.45) is 0. The van der Waals surface area contributed by atoms with Gasteiger partial charge in [0.05, 0.1) is 0 Å². The van der Waals surface area contributed by atoms with Gasteiger partial charge in [-0.1, -0.05) is 0 Å². The number of ketones is 1. The Kier molecular flexibility index (Phi) is 5.11. The number of aliphatic carboxylic acids is 2. The van der Waals surface area contributed by atoms with Crippen LogP contribution in [0.2, 0.25) is 0 Å². The topological polar surface area (TPSA) is 91.7 Å². The van der Waals surface area contributed by atoms with Crippen molar-refractivity contribution in [1.29, 1.82) is 0 Å². The number of rotatable bonds is 2. The summed E-state index contributed by atoms with van der Waals surface area (Å²) in [5, 5.41) is 15.2. The molecule has 0 bridgehead atoms. The first-order valence-electron chi connectivity index (χ1n) is 1.56.